The lowest BCUT2D eigenvalue weighted by atomic mass is 10.3. The summed E-state index contributed by atoms with van der Waals surface area (Å²) in [6, 6.07) is 0. The van der Waals surface area contributed by atoms with Gasteiger partial charge in [-0.1, -0.05) is 13.5 Å². The normalized spacial score (nSPS) is 11.9. The van der Waals surface area contributed by atoms with Crippen molar-refractivity contribution in [2.24, 2.45) is 0 Å². The molecule has 80 valence electrons. The average Bonchev–Trinajstić information content (AvgIpc) is 2.16. The quantitative estimate of drug-likeness (QED) is 0.267. The zero-order valence-electron chi connectivity index (χ0n) is 8.62. The van der Waals surface area contributed by atoms with Crippen LogP contribution in [0.25, 0.3) is 0 Å². The molecule has 0 aliphatic rings. The van der Waals surface area contributed by atoms with Gasteiger partial charge in [0, 0.05) is 12.2 Å². The summed E-state index contributed by atoms with van der Waals surface area (Å²) >= 11 is 0. The molecular weight excluding hydrogens is 184 g/mol. The molecule has 14 heavy (non-hydrogen) atoms. The summed E-state index contributed by atoms with van der Waals surface area (Å²) in [6.45, 7) is 7.54. The standard InChI is InChI=1S/C10H16O4/c1-4-5-13-7-9(6-11)14-10(12)8(2)3/h6,9H,2,4-5,7H2,1,3H3. The highest BCUT2D eigenvalue weighted by Gasteiger charge is 2.13. The summed E-state index contributed by atoms with van der Waals surface area (Å²) in [6.07, 6.45) is 0.585. The molecule has 0 rings (SSSR count). The number of rotatable bonds is 7. The fraction of sp³-hybridized carbons (Fsp3) is 0.600. The molecule has 4 nitrogen and oxygen atoms in total. The van der Waals surface area contributed by atoms with Crippen molar-refractivity contribution >= 4 is 12.3 Å². The number of aldehydes is 1. The molecule has 0 fully saturated rings. The van der Waals surface area contributed by atoms with E-state index < -0.39 is 12.1 Å². The summed E-state index contributed by atoms with van der Waals surface area (Å²) in [5, 5.41) is 0. The highest BCUT2D eigenvalue weighted by atomic mass is 16.6. The van der Waals surface area contributed by atoms with Gasteiger partial charge in [-0.25, -0.2) is 4.79 Å². The predicted molar refractivity (Wildman–Crippen MR) is 51.9 cm³/mol. The summed E-state index contributed by atoms with van der Waals surface area (Å²) in [5.74, 6) is -0.567. The number of carbonyl (C=O) groups is 2. The molecule has 1 atom stereocenters. The highest BCUT2D eigenvalue weighted by molar-refractivity contribution is 5.88. The molecule has 0 spiro atoms. The Labute approximate surface area is 83.9 Å². The third-order valence-electron chi connectivity index (χ3n) is 1.39. The van der Waals surface area contributed by atoms with Crippen LogP contribution in [-0.2, 0) is 19.1 Å². The van der Waals surface area contributed by atoms with Crippen LogP contribution in [0.1, 0.15) is 20.3 Å². The van der Waals surface area contributed by atoms with Crippen LogP contribution in [0.3, 0.4) is 0 Å². The van der Waals surface area contributed by atoms with Crippen molar-refractivity contribution in [3.8, 4) is 0 Å². The van der Waals surface area contributed by atoms with E-state index in [0.29, 0.717) is 12.9 Å². The molecule has 0 saturated heterocycles. The van der Waals surface area contributed by atoms with Gasteiger partial charge >= 0.3 is 5.97 Å². The molecular formula is C10H16O4. The van der Waals surface area contributed by atoms with Crippen molar-refractivity contribution in [2.45, 2.75) is 26.4 Å². The Morgan fingerprint density at radius 3 is 2.64 bits per heavy atom. The number of ether oxygens (including phenoxy) is 2. The molecule has 0 radical (unpaired) electrons. The first-order chi connectivity index (χ1) is 6.61. The number of hydrogen-bond donors (Lipinski definition) is 0. The SMILES string of the molecule is C=C(C)C(=O)OC(C=O)COCCC. The predicted octanol–water partition coefficient (Wildman–Crippen LogP) is 1.10. The fourth-order valence-corrected chi connectivity index (χ4v) is 0.683. The summed E-state index contributed by atoms with van der Waals surface area (Å²) in [7, 11) is 0. The number of carbonyl (C=O) groups excluding carboxylic acids is 2. The van der Waals surface area contributed by atoms with Crippen molar-refractivity contribution in [3.05, 3.63) is 12.2 Å². The molecule has 0 amide bonds. The average molecular weight is 200 g/mol. The van der Waals surface area contributed by atoms with Gasteiger partial charge in [-0.2, -0.15) is 0 Å². The van der Waals surface area contributed by atoms with Crippen LogP contribution < -0.4 is 0 Å². The van der Waals surface area contributed by atoms with Gasteiger partial charge in [0.15, 0.2) is 12.4 Å². The van der Waals surface area contributed by atoms with E-state index in [1.54, 1.807) is 0 Å². The Morgan fingerprint density at radius 1 is 1.57 bits per heavy atom. The van der Waals surface area contributed by atoms with E-state index in [4.69, 9.17) is 9.47 Å². The molecule has 0 bridgehead atoms. The Balaban J connectivity index is 3.84. The molecule has 0 N–H and O–H groups in total. The molecule has 0 aliphatic heterocycles. The molecule has 0 saturated carbocycles. The first-order valence-corrected chi connectivity index (χ1v) is 4.51. The van der Waals surface area contributed by atoms with Crippen molar-refractivity contribution in [3.63, 3.8) is 0 Å². The van der Waals surface area contributed by atoms with E-state index in [9.17, 15) is 9.59 Å². The van der Waals surface area contributed by atoms with Crippen molar-refractivity contribution in [2.75, 3.05) is 13.2 Å². The minimum Gasteiger partial charge on any atom is -0.449 e. The van der Waals surface area contributed by atoms with E-state index in [-0.39, 0.29) is 12.2 Å². The van der Waals surface area contributed by atoms with Gasteiger partial charge in [0.05, 0.1) is 6.61 Å². The van der Waals surface area contributed by atoms with Crippen molar-refractivity contribution in [1.82, 2.24) is 0 Å². The summed E-state index contributed by atoms with van der Waals surface area (Å²) in [4.78, 5) is 21.5. The molecule has 0 aromatic carbocycles. The van der Waals surface area contributed by atoms with E-state index in [0.717, 1.165) is 6.42 Å². The number of esters is 1. The Hall–Kier alpha value is -1.16. The van der Waals surface area contributed by atoms with Crippen LogP contribution in [-0.4, -0.2) is 31.6 Å². The number of hydrogen-bond acceptors (Lipinski definition) is 4. The fourth-order valence-electron chi connectivity index (χ4n) is 0.683. The maximum Gasteiger partial charge on any atom is 0.333 e. The second-order valence-electron chi connectivity index (χ2n) is 2.94. The first-order valence-electron chi connectivity index (χ1n) is 4.51. The van der Waals surface area contributed by atoms with Gasteiger partial charge < -0.3 is 9.47 Å². The van der Waals surface area contributed by atoms with Crippen LogP contribution in [0.2, 0.25) is 0 Å². The van der Waals surface area contributed by atoms with Gasteiger partial charge in [-0.3, -0.25) is 4.79 Å². The van der Waals surface area contributed by atoms with Crippen molar-refractivity contribution < 1.29 is 19.1 Å². The third kappa shape index (κ3) is 5.48. The van der Waals surface area contributed by atoms with Crippen molar-refractivity contribution in [1.29, 1.82) is 0 Å². The molecule has 0 aromatic rings. The van der Waals surface area contributed by atoms with Gasteiger partial charge in [0.25, 0.3) is 0 Å². The van der Waals surface area contributed by atoms with Gasteiger partial charge in [-0.05, 0) is 13.3 Å². The van der Waals surface area contributed by atoms with Crippen LogP contribution in [0.5, 0.6) is 0 Å². The van der Waals surface area contributed by atoms with E-state index in [2.05, 4.69) is 6.58 Å². The van der Waals surface area contributed by atoms with Gasteiger partial charge in [-0.15, -0.1) is 0 Å². The lowest BCUT2D eigenvalue weighted by molar-refractivity contribution is -0.150. The first kappa shape index (κ1) is 12.8. The lowest BCUT2D eigenvalue weighted by Gasteiger charge is -2.11. The second-order valence-corrected chi connectivity index (χ2v) is 2.94. The summed E-state index contributed by atoms with van der Waals surface area (Å²) in [5.41, 5.74) is 0.271. The van der Waals surface area contributed by atoms with Crippen LogP contribution in [0.4, 0.5) is 0 Å². The zero-order valence-corrected chi connectivity index (χ0v) is 8.62. The minimum atomic E-state index is -0.828. The topological polar surface area (TPSA) is 52.6 Å². The van der Waals surface area contributed by atoms with Crippen LogP contribution >= 0.6 is 0 Å². The summed E-state index contributed by atoms with van der Waals surface area (Å²) < 4.78 is 9.85. The molecule has 4 heteroatoms. The van der Waals surface area contributed by atoms with E-state index >= 15 is 0 Å². The lowest BCUT2D eigenvalue weighted by Crippen LogP contribution is -2.25. The second kappa shape index (κ2) is 7.26. The zero-order chi connectivity index (χ0) is 11.0. The maximum absolute atomic E-state index is 11.0. The van der Waals surface area contributed by atoms with Gasteiger partial charge in [0.1, 0.15) is 0 Å². The minimum absolute atomic E-state index is 0.107. The molecule has 1 unspecified atom stereocenters. The monoisotopic (exact) mass is 200 g/mol. The molecule has 0 heterocycles. The smallest absolute Gasteiger partial charge is 0.333 e. The van der Waals surface area contributed by atoms with Gasteiger partial charge in [0.2, 0.25) is 0 Å². The van der Waals surface area contributed by atoms with Crippen LogP contribution in [0, 0.1) is 0 Å². The van der Waals surface area contributed by atoms with E-state index in [1.165, 1.54) is 6.92 Å². The molecule has 0 aromatic heterocycles. The Morgan fingerprint density at radius 2 is 2.21 bits per heavy atom. The Kier molecular flexibility index (Phi) is 6.66. The third-order valence-corrected chi connectivity index (χ3v) is 1.39. The molecule has 0 aliphatic carbocycles. The highest BCUT2D eigenvalue weighted by Crippen LogP contribution is 1.98. The maximum atomic E-state index is 11.0. The largest absolute Gasteiger partial charge is 0.449 e. The van der Waals surface area contributed by atoms with Crippen LogP contribution in [0.15, 0.2) is 12.2 Å². The van der Waals surface area contributed by atoms with E-state index in [1.807, 2.05) is 6.92 Å². The Bertz CT molecular complexity index is 210.